The minimum absolute atomic E-state index is 0.784. The SMILES string of the molecule is c1ccc(-c2onc3ccc(Sc4ccc(Oc5ccc(Sc6ccc7noc(-c8ccccc8)c7c6)cc5)cc4)cc23)cc1. The Labute approximate surface area is 267 Å². The third kappa shape index (κ3) is 5.83. The van der Waals surface area contributed by atoms with Gasteiger partial charge in [-0.3, -0.25) is 0 Å². The number of benzene rings is 6. The van der Waals surface area contributed by atoms with Crippen LogP contribution in [0.1, 0.15) is 0 Å². The van der Waals surface area contributed by atoms with Crippen LogP contribution in [0.25, 0.3) is 44.5 Å². The fourth-order valence-electron chi connectivity index (χ4n) is 5.12. The van der Waals surface area contributed by atoms with Gasteiger partial charge in [0.2, 0.25) is 0 Å². The molecule has 5 nitrogen and oxygen atoms in total. The summed E-state index contributed by atoms with van der Waals surface area (Å²) in [6.45, 7) is 0. The van der Waals surface area contributed by atoms with Crippen LogP contribution in [-0.2, 0) is 0 Å². The molecule has 0 aliphatic carbocycles. The van der Waals surface area contributed by atoms with Crippen molar-refractivity contribution in [1.82, 2.24) is 10.3 Å². The van der Waals surface area contributed by atoms with Crippen LogP contribution in [0.5, 0.6) is 11.5 Å². The maximum absolute atomic E-state index is 6.15. The topological polar surface area (TPSA) is 61.3 Å². The van der Waals surface area contributed by atoms with Crippen LogP contribution in [0, 0.1) is 0 Å². The third-order valence-electron chi connectivity index (χ3n) is 7.32. The smallest absolute Gasteiger partial charge is 0.174 e. The molecule has 0 N–H and O–H groups in total. The molecule has 8 rings (SSSR count). The number of aromatic nitrogens is 2. The molecule has 0 amide bonds. The second kappa shape index (κ2) is 12.0. The Kier molecular flexibility index (Phi) is 7.31. The number of rotatable bonds is 8. The van der Waals surface area contributed by atoms with Gasteiger partial charge in [-0.25, -0.2) is 0 Å². The summed E-state index contributed by atoms with van der Waals surface area (Å²) in [6, 6.07) is 48.8. The largest absolute Gasteiger partial charge is 0.457 e. The average Bonchev–Trinajstić information content (AvgIpc) is 3.71. The molecule has 0 aliphatic rings. The number of hydrogen-bond donors (Lipinski definition) is 0. The van der Waals surface area contributed by atoms with Gasteiger partial charge in [-0.05, 0) is 84.9 Å². The van der Waals surface area contributed by atoms with E-state index in [2.05, 4.69) is 58.8 Å². The van der Waals surface area contributed by atoms with Gasteiger partial charge in [0.15, 0.2) is 11.5 Å². The normalized spacial score (nSPS) is 11.3. The lowest BCUT2D eigenvalue weighted by atomic mass is 10.1. The highest BCUT2D eigenvalue weighted by Gasteiger charge is 2.13. The summed E-state index contributed by atoms with van der Waals surface area (Å²) in [5, 5.41) is 10.5. The zero-order chi connectivity index (χ0) is 30.0. The molecule has 216 valence electrons. The summed E-state index contributed by atoms with van der Waals surface area (Å²) in [6.07, 6.45) is 0. The van der Waals surface area contributed by atoms with Gasteiger partial charge >= 0.3 is 0 Å². The molecular formula is C38H24N2O3S2. The Hall–Kier alpha value is -5.24. The Balaban J connectivity index is 0.929. The van der Waals surface area contributed by atoms with E-state index in [1.165, 1.54) is 0 Å². The zero-order valence-corrected chi connectivity index (χ0v) is 25.4. The number of ether oxygens (including phenoxy) is 1. The van der Waals surface area contributed by atoms with Crippen molar-refractivity contribution in [3.8, 4) is 34.1 Å². The molecule has 0 aliphatic heterocycles. The van der Waals surface area contributed by atoms with Gasteiger partial charge < -0.3 is 13.8 Å². The Morgan fingerprint density at radius 1 is 0.422 bits per heavy atom. The van der Waals surface area contributed by atoms with Crippen molar-refractivity contribution < 1.29 is 13.8 Å². The van der Waals surface area contributed by atoms with Crippen molar-refractivity contribution in [2.75, 3.05) is 0 Å². The second-order valence-electron chi connectivity index (χ2n) is 10.4. The first-order chi connectivity index (χ1) is 22.2. The summed E-state index contributed by atoms with van der Waals surface area (Å²) < 4.78 is 17.5. The molecule has 6 aromatic carbocycles. The number of hydrogen-bond acceptors (Lipinski definition) is 7. The lowest BCUT2D eigenvalue weighted by Crippen LogP contribution is -1.84. The molecule has 7 heteroatoms. The first kappa shape index (κ1) is 27.3. The molecule has 0 unspecified atom stereocenters. The molecular weight excluding hydrogens is 597 g/mol. The molecule has 0 bridgehead atoms. The molecule has 0 radical (unpaired) electrons. The lowest BCUT2D eigenvalue weighted by molar-refractivity contribution is 0.441. The molecule has 45 heavy (non-hydrogen) atoms. The van der Waals surface area contributed by atoms with Crippen LogP contribution in [0.3, 0.4) is 0 Å². The molecule has 0 saturated carbocycles. The van der Waals surface area contributed by atoms with E-state index in [1.807, 2.05) is 97.1 Å². The third-order valence-corrected chi connectivity index (χ3v) is 9.32. The summed E-state index contributed by atoms with van der Waals surface area (Å²) in [5.41, 5.74) is 3.72. The van der Waals surface area contributed by atoms with Gasteiger partial charge in [0.1, 0.15) is 22.5 Å². The van der Waals surface area contributed by atoms with E-state index in [9.17, 15) is 0 Å². The molecule has 0 spiro atoms. The molecule has 2 heterocycles. The minimum atomic E-state index is 0.784. The number of nitrogens with zero attached hydrogens (tertiary/aromatic N) is 2. The van der Waals surface area contributed by atoms with Gasteiger partial charge in [0, 0.05) is 30.7 Å². The molecule has 0 atom stereocenters. The first-order valence-electron chi connectivity index (χ1n) is 14.4. The quantitative estimate of drug-likeness (QED) is 0.167. The Morgan fingerprint density at radius 2 is 0.822 bits per heavy atom. The van der Waals surface area contributed by atoms with Crippen LogP contribution in [0.4, 0.5) is 0 Å². The fourth-order valence-corrected chi connectivity index (χ4v) is 6.84. The van der Waals surface area contributed by atoms with E-state index < -0.39 is 0 Å². The van der Waals surface area contributed by atoms with Crippen LogP contribution >= 0.6 is 23.5 Å². The number of fused-ring (bicyclic) bond motifs is 2. The maximum atomic E-state index is 6.15. The van der Waals surface area contributed by atoms with Crippen LogP contribution in [0.2, 0.25) is 0 Å². The van der Waals surface area contributed by atoms with E-state index in [-0.39, 0.29) is 0 Å². The van der Waals surface area contributed by atoms with Crippen LogP contribution in [0.15, 0.2) is 174 Å². The standard InChI is InChI=1S/C38H24N2O3S2/c1-3-7-25(8-4-1)37-33-23-31(19-21-35(33)39-42-37)44-29-15-11-27(12-16-29)41-28-13-17-30(18-14-28)45-32-20-22-36-34(24-32)38(43-40-36)26-9-5-2-6-10-26/h1-24H. The summed E-state index contributed by atoms with van der Waals surface area (Å²) >= 11 is 3.38. The van der Waals surface area contributed by atoms with Crippen molar-refractivity contribution in [1.29, 1.82) is 0 Å². The molecule has 0 saturated heterocycles. The Morgan fingerprint density at radius 3 is 1.24 bits per heavy atom. The van der Waals surface area contributed by atoms with E-state index >= 15 is 0 Å². The van der Waals surface area contributed by atoms with E-state index in [0.717, 1.165) is 75.5 Å². The monoisotopic (exact) mass is 620 g/mol. The van der Waals surface area contributed by atoms with Gasteiger partial charge in [-0.1, -0.05) is 94.5 Å². The van der Waals surface area contributed by atoms with Crippen molar-refractivity contribution >= 4 is 45.3 Å². The lowest BCUT2D eigenvalue weighted by Gasteiger charge is -2.08. The van der Waals surface area contributed by atoms with Crippen LogP contribution in [-0.4, -0.2) is 10.3 Å². The van der Waals surface area contributed by atoms with Crippen LogP contribution < -0.4 is 4.74 Å². The average molecular weight is 621 g/mol. The van der Waals surface area contributed by atoms with Gasteiger partial charge in [0.25, 0.3) is 0 Å². The summed E-state index contributed by atoms with van der Waals surface area (Å²) in [4.78, 5) is 4.46. The van der Waals surface area contributed by atoms with Gasteiger partial charge in [-0.2, -0.15) is 0 Å². The maximum Gasteiger partial charge on any atom is 0.174 e. The molecule has 2 aromatic heterocycles. The van der Waals surface area contributed by atoms with Crippen molar-refractivity contribution in [2.45, 2.75) is 19.6 Å². The highest BCUT2D eigenvalue weighted by Crippen LogP contribution is 2.37. The predicted octanol–water partition coefficient (Wildman–Crippen LogP) is 11.4. The van der Waals surface area contributed by atoms with E-state index in [4.69, 9.17) is 13.8 Å². The van der Waals surface area contributed by atoms with E-state index in [0.29, 0.717) is 0 Å². The zero-order valence-electron chi connectivity index (χ0n) is 23.8. The van der Waals surface area contributed by atoms with Gasteiger partial charge in [0.05, 0.1) is 10.8 Å². The second-order valence-corrected chi connectivity index (χ2v) is 12.7. The van der Waals surface area contributed by atoms with Crippen molar-refractivity contribution in [2.24, 2.45) is 0 Å². The highest BCUT2D eigenvalue weighted by molar-refractivity contribution is 7.99. The molecule has 8 aromatic rings. The van der Waals surface area contributed by atoms with Crippen molar-refractivity contribution in [3.63, 3.8) is 0 Å². The summed E-state index contributed by atoms with van der Waals surface area (Å²) in [5.74, 6) is 3.14. The minimum Gasteiger partial charge on any atom is -0.457 e. The summed E-state index contributed by atoms with van der Waals surface area (Å²) in [7, 11) is 0. The highest BCUT2D eigenvalue weighted by atomic mass is 32.2. The predicted molar refractivity (Wildman–Crippen MR) is 180 cm³/mol. The van der Waals surface area contributed by atoms with Crippen molar-refractivity contribution in [3.05, 3.63) is 146 Å². The van der Waals surface area contributed by atoms with E-state index in [1.54, 1.807) is 23.5 Å². The van der Waals surface area contributed by atoms with Gasteiger partial charge in [-0.15, -0.1) is 0 Å². The fraction of sp³-hybridized carbons (Fsp3) is 0. The first-order valence-corrected chi connectivity index (χ1v) is 16.0. The Bertz CT molecular complexity index is 2070. The molecule has 0 fully saturated rings.